The van der Waals surface area contributed by atoms with Crippen molar-refractivity contribution in [2.75, 3.05) is 20.1 Å². The summed E-state index contributed by atoms with van der Waals surface area (Å²) in [7, 11) is 1.88. The molecule has 29 heavy (non-hydrogen) atoms. The predicted octanol–water partition coefficient (Wildman–Crippen LogP) is 4.36. The number of likely N-dealkylation sites (N-methyl/N-ethyl adjacent to an activating group) is 1. The Bertz CT molecular complexity index is 1090. The summed E-state index contributed by atoms with van der Waals surface area (Å²) in [6.45, 7) is 3.77. The highest BCUT2D eigenvalue weighted by molar-refractivity contribution is 7.16. The summed E-state index contributed by atoms with van der Waals surface area (Å²) in [6.07, 6.45) is 2.02. The van der Waals surface area contributed by atoms with Crippen molar-refractivity contribution in [3.8, 4) is 0 Å². The quantitative estimate of drug-likeness (QED) is 0.673. The third kappa shape index (κ3) is 3.43. The maximum atomic E-state index is 12.8. The standard InChI is InChI=1S/C22H23ClN4OS/c1-12-25-20(16-6-8-29-21(16)26-12)18-10-17(18)15-4-3-13(9-19(15)23)22(28)27(2)14-5-7-24-11-14/h3-4,6,8-9,14,17-18,24H,5,7,10-11H2,1-2H3/t14-,17?,18?/m1/s1. The zero-order valence-electron chi connectivity index (χ0n) is 16.5. The van der Waals surface area contributed by atoms with E-state index in [4.69, 9.17) is 16.6 Å². The molecule has 0 radical (unpaired) electrons. The second-order valence-corrected chi connectivity index (χ2v) is 9.34. The zero-order chi connectivity index (χ0) is 20.1. The first-order valence-corrected chi connectivity index (χ1v) is 11.3. The Balaban J connectivity index is 1.37. The number of rotatable bonds is 4. The summed E-state index contributed by atoms with van der Waals surface area (Å²) >= 11 is 8.30. The fraction of sp³-hybridized carbons (Fsp3) is 0.409. The molecule has 1 aliphatic carbocycles. The molecule has 2 unspecified atom stereocenters. The molecule has 2 aliphatic rings. The maximum absolute atomic E-state index is 12.8. The van der Waals surface area contributed by atoms with Crippen LogP contribution in [0.3, 0.4) is 0 Å². The van der Waals surface area contributed by atoms with Gasteiger partial charge in [-0.25, -0.2) is 9.97 Å². The molecule has 0 bridgehead atoms. The second-order valence-electron chi connectivity index (χ2n) is 8.04. The lowest BCUT2D eigenvalue weighted by Gasteiger charge is -2.24. The van der Waals surface area contributed by atoms with Gasteiger partial charge in [-0.05, 0) is 61.4 Å². The van der Waals surface area contributed by atoms with Crippen molar-refractivity contribution in [1.82, 2.24) is 20.2 Å². The van der Waals surface area contributed by atoms with Crippen LogP contribution in [0.15, 0.2) is 29.6 Å². The summed E-state index contributed by atoms with van der Waals surface area (Å²) in [5.74, 6) is 1.56. The van der Waals surface area contributed by atoms with Gasteiger partial charge in [-0.15, -0.1) is 11.3 Å². The molecule has 1 N–H and O–H groups in total. The summed E-state index contributed by atoms with van der Waals surface area (Å²) in [5.41, 5.74) is 2.89. The number of hydrogen-bond acceptors (Lipinski definition) is 5. The van der Waals surface area contributed by atoms with Crippen molar-refractivity contribution < 1.29 is 4.79 Å². The van der Waals surface area contributed by atoms with Crippen LogP contribution in [0.25, 0.3) is 10.2 Å². The highest BCUT2D eigenvalue weighted by Crippen LogP contribution is 2.57. The van der Waals surface area contributed by atoms with Crippen LogP contribution in [0.5, 0.6) is 0 Å². The molecule has 2 fully saturated rings. The van der Waals surface area contributed by atoms with Crippen LogP contribution >= 0.6 is 22.9 Å². The minimum atomic E-state index is 0.0332. The van der Waals surface area contributed by atoms with Gasteiger partial charge < -0.3 is 10.2 Å². The van der Waals surface area contributed by atoms with E-state index in [1.807, 2.05) is 37.1 Å². The average Bonchev–Trinajstić information content (AvgIpc) is 3.08. The molecule has 5 nitrogen and oxygen atoms in total. The first-order valence-electron chi connectivity index (χ1n) is 10.0. The van der Waals surface area contributed by atoms with E-state index in [1.165, 1.54) is 0 Å². The van der Waals surface area contributed by atoms with E-state index in [2.05, 4.69) is 21.7 Å². The van der Waals surface area contributed by atoms with Crippen molar-refractivity contribution >= 4 is 39.1 Å². The van der Waals surface area contributed by atoms with Crippen LogP contribution < -0.4 is 5.32 Å². The van der Waals surface area contributed by atoms with E-state index in [0.29, 0.717) is 22.4 Å². The van der Waals surface area contributed by atoms with Crippen LogP contribution in [-0.4, -0.2) is 47.0 Å². The van der Waals surface area contributed by atoms with Gasteiger partial charge in [-0.1, -0.05) is 17.7 Å². The summed E-state index contributed by atoms with van der Waals surface area (Å²) in [4.78, 5) is 25.0. The summed E-state index contributed by atoms with van der Waals surface area (Å²) in [6, 6.07) is 8.14. The van der Waals surface area contributed by atoms with Crippen LogP contribution in [0.2, 0.25) is 5.02 Å². The third-order valence-electron chi connectivity index (χ3n) is 6.16. The highest BCUT2D eigenvalue weighted by atomic mass is 35.5. The van der Waals surface area contributed by atoms with Crippen molar-refractivity contribution in [3.05, 3.63) is 57.3 Å². The largest absolute Gasteiger partial charge is 0.337 e. The molecule has 150 valence electrons. The molecule has 3 aromatic rings. The van der Waals surface area contributed by atoms with Gasteiger partial charge in [0.1, 0.15) is 10.7 Å². The molecule has 3 atom stereocenters. The monoisotopic (exact) mass is 426 g/mol. The third-order valence-corrected chi connectivity index (χ3v) is 7.29. The number of halogens is 1. The van der Waals surface area contributed by atoms with Gasteiger partial charge in [-0.2, -0.15) is 0 Å². The van der Waals surface area contributed by atoms with Crippen molar-refractivity contribution in [1.29, 1.82) is 0 Å². The van der Waals surface area contributed by atoms with Crippen LogP contribution in [0.1, 0.15) is 52.1 Å². The lowest BCUT2D eigenvalue weighted by molar-refractivity contribution is 0.0744. The first kappa shape index (κ1) is 19.0. The lowest BCUT2D eigenvalue weighted by atomic mass is 10.0. The van der Waals surface area contributed by atoms with Crippen LogP contribution in [-0.2, 0) is 0 Å². The Morgan fingerprint density at radius 1 is 1.28 bits per heavy atom. The molecule has 5 rings (SSSR count). The number of nitrogens with zero attached hydrogens (tertiary/aromatic N) is 3. The molecular formula is C22H23ClN4OS. The number of aryl methyl sites for hydroxylation is 1. The number of aromatic nitrogens is 2. The van der Waals surface area contributed by atoms with E-state index in [1.54, 1.807) is 11.3 Å². The van der Waals surface area contributed by atoms with E-state index in [0.717, 1.165) is 53.2 Å². The number of carbonyl (C=O) groups is 1. The normalized spacial score (nSPS) is 23.5. The maximum Gasteiger partial charge on any atom is 0.253 e. The number of fused-ring (bicyclic) bond motifs is 1. The van der Waals surface area contributed by atoms with Crippen molar-refractivity contribution in [3.63, 3.8) is 0 Å². The molecule has 1 saturated carbocycles. The topological polar surface area (TPSA) is 58.1 Å². The van der Waals surface area contributed by atoms with Crippen LogP contribution in [0.4, 0.5) is 0 Å². The van der Waals surface area contributed by atoms with Gasteiger partial charge in [0.15, 0.2) is 0 Å². The number of carbonyl (C=O) groups excluding carboxylic acids is 1. The second kappa shape index (κ2) is 7.35. The van der Waals surface area contributed by atoms with Gasteiger partial charge in [-0.3, -0.25) is 4.79 Å². The van der Waals surface area contributed by atoms with E-state index in [9.17, 15) is 4.79 Å². The number of nitrogens with one attached hydrogen (secondary N) is 1. The molecule has 0 spiro atoms. The van der Waals surface area contributed by atoms with E-state index >= 15 is 0 Å². The molecule has 7 heteroatoms. The summed E-state index contributed by atoms with van der Waals surface area (Å²) < 4.78 is 0. The Kier molecular flexibility index (Phi) is 4.81. The fourth-order valence-corrected chi connectivity index (χ4v) is 5.55. The Labute approximate surface area is 179 Å². The fourth-order valence-electron chi connectivity index (χ4n) is 4.41. The minimum absolute atomic E-state index is 0.0332. The molecule has 2 aromatic heterocycles. The first-order chi connectivity index (χ1) is 14.0. The SMILES string of the molecule is Cc1nc(C2CC2c2ccc(C(=O)N(C)[C@@H]3CCNC3)cc2Cl)c2ccsc2n1. The minimum Gasteiger partial charge on any atom is -0.337 e. The molecule has 1 saturated heterocycles. The average molecular weight is 427 g/mol. The van der Waals surface area contributed by atoms with Gasteiger partial charge in [0.25, 0.3) is 5.91 Å². The van der Waals surface area contributed by atoms with Gasteiger partial charge in [0.05, 0.1) is 5.69 Å². The molecular weight excluding hydrogens is 404 g/mol. The van der Waals surface area contributed by atoms with Crippen LogP contribution in [0, 0.1) is 6.92 Å². The number of thiophene rings is 1. The molecule has 1 amide bonds. The Hall–Kier alpha value is -2.02. The van der Waals surface area contributed by atoms with Crippen molar-refractivity contribution in [2.24, 2.45) is 0 Å². The van der Waals surface area contributed by atoms with Gasteiger partial charge >= 0.3 is 0 Å². The highest BCUT2D eigenvalue weighted by Gasteiger charge is 2.43. The molecule has 3 heterocycles. The smallest absolute Gasteiger partial charge is 0.253 e. The summed E-state index contributed by atoms with van der Waals surface area (Å²) in [5, 5.41) is 7.21. The Morgan fingerprint density at radius 3 is 2.90 bits per heavy atom. The Morgan fingerprint density at radius 2 is 2.14 bits per heavy atom. The van der Waals surface area contributed by atoms with Gasteiger partial charge in [0, 0.05) is 41.5 Å². The number of hydrogen-bond donors (Lipinski definition) is 1. The lowest BCUT2D eigenvalue weighted by Crippen LogP contribution is -2.38. The van der Waals surface area contributed by atoms with Gasteiger partial charge in [0.2, 0.25) is 0 Å². The number of amides is 1. The van der Waals surface area contributed by atoms with E-state index < -0.39 is 0 Å². The molecule has 1 aliphatic heterocycles. The van der Waals surface area contributed by atoms with Crippen molar-refractivity contribution in [2.45, 2.75) is 37.6 Å². The molecule has 1 aromatic carbocycles. The number of benzene rings is 1. The van der Waals surface area contributed by atoms with E-state index in [-0.39, 0.29) is 11.9 Å². The predicted molar refractivity (Wildman–Crippen MR) is 117 cm³/mol. The zero-order valence-corrected chi connectivity index (χ0v) is 18.1.